The highest BCUT2D eigenvalue weighted by Crippen LogP contribution is 2.28. The third-order valence-electron chi connectivity index (χ3n) is 6.84. The van der Waals surface area contributed by atoms with Crippen molar-refractivity contribution in [3.63, 3.8) is 0 Å². The van der Waals surface area contributed by atoms with Crippen LogP contribution in [0.25, 0.3) is 0 Å². The first-order chi connectivity index (χ1) is 23.1. The largest absolute Gasteiger partial charge is 0.478 e. The maximum absolute atomic E-state index is 12.7. The number of carboxylic acid groups (broad SMARTS) is 2. The van der Waals surface area contributed by atoms with Gasteiger partial charge in [-0.25, -0.2) is 9.59 Å². The minimum absolute atomic E-state index is 0.0222. The summed E-state index contributed by atoms with van der Waals surface area (Å²) >= 11 is 0. The lowest BCUT2D eigenvalue weighted by atomic mass is 10.0. The number of hydrogen-bond donors (Lipinski definition) is 4. The molecule has 0 spiro atoms. The molecule has 5 aromatic rings. The van der Waals surface area contributed by atoms with Crippen molar-refractivity contribution in [1.29, 1.82) is 0 Å². The Morgan fingerprint density at radius 2 is 0.792 bits per heavy atom. The first kappa shape index (κ1) is 32.1. The van der Waals surface area contributed by atoms with E-state index >= 15 is 0 Å². The lowest BCUT2D eigenvalue weighted by molar-refractivity contribution is 0.0683. The second kappa shape index (κ2) is 14.2. The van der Waals surface area contributed by atoms with E-state index in [0.29, 0.717) is 45.5 Å². The molecule has 0 fully saturated rings. The number of carboxylic acids is 2. The second-order valence-electron chi connectivity index (χ2n) is 10.1. The van der Waals surface area contributed by atoms with Crippen molar-refractivity contribution in [3.8, 4) is 47.7 Å². The summed E-state index contributed by atoms with van der Waals surface area (Å²) in [5.41, 5.74) is 1.14. The molecule has 234 valence electrons. The molecule has 0 saturated heterocycles. The molecule has 10 nitrogen and oxygen atoms in total. The van der Waals surface area contributed by atoms with Gasteiger partial charge < -0.3 is 30.3 Å². The number of carbonyl (C=O) groups is 4. The van der Waals surface area contributed by atoms with Crippen molar-refractivity contribution in [3.05, 3.63) is 143 Å². The summed E-state index contributed by atoms with van der Waals surface area (Å²) in [6.45, 7) is 0. The molecule has 0 unspecified atom stereocenters. The number of benzene rings is 5. The van der Waals surface area contributed by atoms with E-state index in [9.17, 15) is 29.4 Å². The first-order valence-corrected chi connectivity index (χ1v) is 14.1. The minimum atomic E-state index is -1.26. The van der Waals surface area contributed by atoms with Gasteiger partial charge in [-0.3, -0.25) is 9.59 Å². The third kappa shape index (κ3) is 7.67. The van der Waals surface area contributed by atoms with Gasteiger partial charge in [0.15, 0.2) is 0 Å². The molecule has 10 heteroatoms. The van der Waals surface area contributed by atoms with Crippen LogP contribution < -0.4 is 20.1 Å². The average Bonchev–Trinajstić information content (AvgIpc) is 3.10. The summed E-state index contributed by atoms with van der Waals surface area (Å²) in [6, 6.07) is 28.2. The number of aromatic carboxylic acids is 2. The smallest absolute Gasteiger partial charge is 0.336 e. The predicted molar refractivity (Wildman–Crippen MR) is 178 cm³/mol. The number of anilines is 2. The summed E-state index contributed by atoms with van der Waals surface area (Å²) in [7, 11) is 0. The molecule has 4 N–H and O–H groups in total. The lowest BCUT2D eigenvalue weighted by Crippen LogP contribution is -2.16. The summed E-state index contributed by atoms with van der Waals surface area (Å²) in [5, 5.41) is 24.3. The molecule has 0 radical (unpaired) electrons. The van der Waals surface area contributed by atoms with Gasteiger partial charge in [-0.2, -0.15) is 0 Å². The SMILES string of the molecule is C#Cc1ccc(C(=O)Nc2ccc(Oc3ccc(Oc4ccc(NC(=O)c5ccc(C#C)cc5C(=O)O)cc4)cc3)cc2)c(C(=O)O)c1. The number of rotatable bonds is 10. The van der Waals surface area contributed by atoms with Crippen LogP contribution in [0.2, 0.25) is 0 Å². The van der Waals surface area contributed by atoms with Crippen molar-refractivity contribution in [2.45, 2.75) is 0 Å². The van der Waals surface area contributed by atoms with Crippen molar-refractivity contribution in [1.82, 2.24) is 0 Å². The van der Waals surface area contributed by atoms with Crippen LogP contribution in [-0.4, -0.2) is 34.0 Å². The fraction of sp³-hybridized carbons (Fsp3) is 0. The van der Waals surface area contributed by atoms with Crippen molar-refractivity contribution in [2.75, 3.05) is 10.6 Å². The van der Waals surface area contributed by atoms with E-state index in [2.05, 4.69) is 22.5 Å². The van der Waals surface area contributed by atoms with E-state index in [-0.39, 0.29) is 22.3 Å². The molecular weight excluding hydrogens is 612 g/mol. The highest BCUT2D eigenvalue weighted by atomic mass is 16.5. The Morgan fingerprint density at radius 1 is 0.479 bits per heavy atom. The van der Waals surface area contributed by atoms with Gasteiger partial charge in [0.25, 0.3) is 11.8 Å². The van der Waals surface area contributed by atoms with Gasteiger partial charge in [-0.05, 0) is 109 Å². The normalized spacial score (nSPS) is 10.1. The molecule has 0 atom stereocenters. The number of amides is 2. The van der Waals surface area contributed by atoms with Gasteiger partial charge in [0.05, 0.1) is 22.3 Å². The molecule has 0 aromatic heterocycles. The monoisotopic (exact) mass is 636 g/mol. The van der Waals surface area contributed by atoms with Gasteiger partial charge >= 0.3 is 11.9 Å². The molecule has 0 bridgehead atoms. The maximum atomic E-state index is 12.7. The quantitative estimate of drug-likeness (QED) is 0.118. The first-order valence-electron chi connectivity index (χ1n) is 14.1. The number of ether oxygens (including phenoxy) is 2. The molecular formula is C38H24N2O8. The molecule has 0 aliphatic rings. The molecule has 0 aliphatic carbocycles. The zero-order valence-electron chi connectivity index (χ0n) is 24.9. The Balaban J connectivity index is 1.16. The molecule has 0 aliphatic heterocycles. The lowest BCUT2D eigenvalue weighted by Gasteiger charge is -2.11. The van der Waals surface area contributed by atoms with E-state index in [0.717, 1.165) is 0 Å². The summed E-state index contributed by atoms with van der Waals surface area (Å²) in [5.74, 6) is 3.01. The Kier molecular flexibility index (Phi) is 9.50. The van der Waals surface area contributed by atoms with E-state index in [4.69, 9.17) is 22.3 Å². The summed E-state index contributed by atoms with van der Waals surface area (Å²) < 4.78 is 11.8. The van der Waals surface area contributed by atoms with E-state index in [1.807, 2.05) is 0 Å². The van der Waals surface area contributed by atoms with Gasteiger partial charge in [-0.1, -0.05) is 11.8 Å². The van der Waals surface area contributed by atoms with Crippen molar-refractivity contribution in [2.24, 2.45) is 0 Å². The Labute approximate surface area is 274 Å². The zero-order valence-corrected chi connectivity index (χ0v) is 24.9. The highest BCUT2D eigenvalue weighted by molar-refractivity contribution is 6.11. The Morgan fingerprint density at radius 3 is 1.08 bits per heavy atom. The fourth-order valence-corrected chi connectivity index (χ4v) is 4.48. The standard InChI is InChI=1S/C38H24N2O8/c1-3-23-5-19-31(33(21-23)37(43)44)35(41)39-25-7-11-27(12-8-25)47-29-15-17-30(18-16-29)48-28-13-9-26(10-14-28)40-36(42)32-20-6-24(4-2)22-34(32)38(45)46/h1-2,5-22H,(H,39,41)(H,40,42)(H,43,44)(H,45,46). The van der Waals surface area contributed by atoms with Crippen LogP contribution in [0, 0.1) is 24.7 Å². The minimum Gasteiger partial charge on any atom is -0.478 e. The molecule has 2 amide bonds. The van der Waals surface area contributed by atoms with Crippen LogP contribution in [0.1, 0.15) is 52.6 Å². The van der Waals surface area contributed by atoms with Gasteiger partial charge in [-0.15, -0.1) is 12.8 Å². The second-order valence-corrected chi connectivity index (χ2v) is 10.1. The zero-order chi connectivity index (χ0) is 34.2. The summed E-state index contributed by atoms with van der Waals surface area (Å²) in [4.78, 5) is 48.7. The predicted octanol–water partition coefficient (Wildman–Crippen LogP) is 7.13. The molecule has 0 saturated carbocycles. The Hall–Kier alpha value is -7.30. The fourth-order valence-electron chi connectivity index (χ4n) is 4.48. The Bertz CT molecular complexity index is 1970. The van der Waals surface area contributed by atoms with Gasteiger partial charge in [0, 0.05) is 22.5 Å². The highest BCUT2D eigenvalue weighted by Gasteiger charge is 2.18. The average molecular weight is 637 g/mol. The van der Waals surface area contributed by atoms with Crippen LogP contribution in [0.5, 0.6) is 23.0 Å². The van der Waals surface area contributed by atoms with Crippen molar-refractivity contribution >= 4 is 35.1 Å². The van der Waals surface area contributed by atoms with Crippen molar-refractivity contribution < 1.29 is 38.9 Å². The molecule has 48 heavy (non-hydrogen) atoms. The maximum Gasteiger partial charge on any atom is 0.336 e. The number of carbonyl (C=O) groups excluding carboxylic acids is 2. The third-order valence-corrected chi connectivity index (χ3v) is 6.84. The van der Waals surface area contributed by atoms with Crippen LogP contribution in [-0.2, 0) is 0 Å². The van der Waals surface area contributed by atoms with E-state index < -0.39 is 23.8 Å². The molecule has 5 aromatic carbocycles. The van der Waals surface area contributed by atoms with Crippen LogP contribution >= 0.6 is 0 Å². The number of nitrogens with one attached hydrogen (secondary N) is 2. The number of terminal acetylenes is 2. The molecule has 5 rings (SSSR count). The van der Waals surface area contributed by atoms with Gasteiger partial charge in [0.2, 0.25) is 0 Å². The van der Waals surface area contributed by atoms with Crippen LogP contribution in [0.3, 0.4) is 0 Å². The van der Waals surface area contributed by atoms with E-state index in [1.165, 1.54) is 36.4 Å². The summed E-state index contributed by atoms with van der Waals surface area (Å²) in [6.07, 6.45) is 10.7. The number of hydrogen-bond acceptors (Lipinski definition) is 6. The van der Waals surface area contributed by atoms with Gasteiger partial charge in [0.1, 0.15) is 23.0 Å². The van der Waals surface area contributed by atoms with Crippen LogP contribution in [0.4, 0.5) is 11.4 Å². The molecule has 0 heterocycles. The van der Waals surface area contributed by atoms with E-state index in [1.54, 1.807) is 72.8 Å². The topological polar surface area (TPSA) is 151 Å². The van der Waals surface area contributed by atoms with Crippen LogP contribution in [0.15, 0.2) is 109 Å².